The van der Waals surface area contributed by atoms with Crippen molar-refractivity contribution in [2.24, 2.45) is 0 Å². The molecule has 1 aromatic carbocycles. The van der Waals surface area contributed by atoms with Crippen LogP contribution in [0.1, 0.15) is 6.42 Å². The van der Waals surface area contributed by atoms with Gasteiger partial charge in [-0.15, -0.1) is 0 Å². The van der Waals surface area contributed by atoms with Gasteiger partial charge in [-0.2, -0.15) is 0 Å². The summed E-state index contributed by atoms with van der Waals surface area (Å²) in [5.41, 5.74) is 0. The first-order valence-electron chi connectivity index (χ1n) is 9.67. The van der Waals surface area contributed by atoms with Crippen LogP contribution in [0.4, 0.5) is 5.95 Å². The van der Waals surface area contributed by atoms with Gasteiger partial charge in [0.25, 0.3) is 0 Å². The van der Waals surface area contributed by atoms with Crippen LogP contribution in [0.3, 0.4) is 0 Å². The number of fused-ring (bicyclic) bond motifs is 1. The van der Waals surface area contributed by atoms with Crippen molar-refractivity contribution in [2.45, 2.75) is 12.5 Å². The summed E-state index contributed by atoms with van der Waals surface area (Å²) in [6.45, 7) is 4.79. The van der Waals surface area contributed by atoms with E-state index in [-0.39, 0.29) is 12.0 Å². The van der Waals surface area contributed by atoms with E-state index >= 15 is 0 Å². The lowest BCUT2D eigenvalue weighted by atomic mass is 10.2. The van der Waals surface area contributed by atoms with Crippen LogP contribution in [0.5, 0.6) is 11.5 Å². The zero-order valence-electron chi connectivity index (χ0n) is 15.8. The number of anilines is 1. The number of piperazine rings is 1. The van der Waals surface area contributed by atoms with Crippen molar-refractivity contribution in [3.8, 4) is 11.5 Å². The van der Waals surface area contributed by atoms with Crippen LogP contribution in [-0.2, 0) is 4.79 Å². The number of carbonyl (C=O) groups is 1. The van der Waals surface area contributed by atoms with Gasteiger partial charge in [-0.05, 0) is 18.2 Å². The molecule has 3 heterocycles. The highest BCUT2D eigenvalue weighted by atomic mass is 16.6. The van der Waals surface area contributed by atoms with Crippen molar-refractivity contribution in [3.05, 3.63) is 42.7 Å². The molecular formula is C20H25N5O3. The molecule has 0 radical (unpaired) electrons. The maximum atomic E-state index is 12.2. The van der Waals surface area contributed by atoms with E-state index in [0.29, 0.717) is 19.7 Å². The van der Waals surface area contributed by atoms with E-state index in [1.54, 1.807) is 12.4 Å². The Bertz CT molecular complexity index is 780. The summed E-state index contributed by atoms with van der Waals surface area (Å²) < 4.78 is 11.6. The van der Waals surface area contributed by atoms with Gasteiger partial charge in [0.05, 0.1) is 6.54 Å². The molecule has 1 fully saturated rings. The first-order chi connectivity index (χ1) is 13.8. The summed E-state index contributed by atoms with van der Waals surface area (Å²) in [7, 11) is 0. The molecule has 8 nitrogen and oxygen atoms in total. The topological polar surface area (TPSA) is 79.8 Å². The first kappa shape index (κ1) is 18.5. The molecule has 0 spiro atoms. The van der Waals surface area contributed by atoms with Crippen molar-refractivity contribution < 1.29 is 14.3 Å². The van der Waals surface area contributed by atoms with Crippen LogP contribution in [0.15, 0.2) is 42.7 Å². The Labute approximate surface area is 164 Å². The zero-order valence-corrected chi connectivity index (χ0v) is 15.8. The molecule has 0 unspecified atom stereocenters. The molecule has 1 atom stereocenters. The molecule has 148 valence electrons. The van der Waals surface area contributed by atoms with Crippen molar-refractivity contribution in [1.82, 2.24) is 20.2 Å². The quantitative estimate of drug-likeness (QED) is 0.795. The van der Waals surface area contributed by atoms with Gasteiger partial charge in [-0.25, -0.2) is 9.97 Å². The monoisotopic (exact) mass is 383 g/mol. The number of hydrogen-bond acceptors (Lipinski definition) is 7. The second-order valence-electron chi connectivity index (χ2n) is 6.95. The average Bonchev–Trinajstić information content (AvgIpc) is 2.75. The summed E-state index contributed by atoms with van der Waals surface area (Å²) in [5, 5.41) is 2.99. The molecule has 1 amide bonds. The molecule has 1 aromatic heterocycles. The van der Waals surface area contributed by atoms with Crippen LogP contribution in [0.2, 0.25) is 0 Å². The molecule has 28 heavy (non-hydrogen) atoms. The van der Waals surface area contributed by atoms with E-state index in [4.69, 9.17) is 9.47 Å². The minimum atomic E-state index is -0.0374. The van der Waals surface area contributed by atoms with Gasteiger partial charge in [0.15, 0.2) is 11.5 Å². The lowest BCUT2D eigenvalue weighted by Crippen LogP contribution is -2.50. The van der Waals surface area contributed by atoms with Crippen LogP contribution in [0, 0.1) is 0 Å². The molecule has 8 heteroatoms. The fraction of sp³-hybridized carbons (Fsp3) is 0.450. The third-order valence-corrected chi connectivity index (χ3v) is 4.93. The SMILES string of the molecule is O=C(CN1CCN(c2ncccn2)CC1)NCC[C@H]1COc2ccccc2O1. The van der Waals surface area contributed by atoms with E-state index < -0.39 is 0 Å². The molecule has 2 aliphatic rings. The number of para-hydroxylation sites is 2. The summed E-state index contributed by atoms with van der Waals surface area (Å²) in [5.74, 6) is 2.34. The molecule has 0 bridgehead atoms. The Hall–Kier alpha value is -2.87. The van der Waals surface area contributed by atoms with E-state index in [1.807, 2.05) is 30.3 Å². The predicted octanol–water partition coefficient (Wildman–Crippen LogP) is 0.945. The van der Waals surface area contributed by atoms with Gasteiger partial charge in [-0.3, -0.25) is 9.69 Å². The number of carbonyl (C=O) groups excluding carboxylic acids is 1. The highest BCUT2D eigenvalue weighted by molar-refractivity contribution is 5.78. The number of amides is 1. The summed E-state index contributed by atoms with van der Waals surface area (Å²) in [6.07, 6.45) is 4.19. The minimum absolute atomic E-state index is 0.0374. The van der Waals surface area contributed by atoms with E-state index in [1.165, 1.54) is 0 Å². The number of ether oxygens (including phenoxy) is 2. The largest absolute Gasteiger partial charge is 0.486 e. The molecule has 2 aromatic rings. The van der Waals surface area contributed by atoms with Crippen LogP contribution in [-0.4, -0.2) is 72.8 Å². The maximum absolute atomic E-state index is 12.2. The number of hydrogen-bond donors (Lipinski definition) is 1. The fourth-order valence-corrected chi connectivity index (χ4v) is 3.40. The second kappa shape index (κ2) is 8.88. The summed E-state index contributed by atoms with van der Waals surface area (Å²) in [6, 6.07) is 9.47. The number of nitrogens with one attached hydrogen (secondary N) is 1. The van der Waals surface area contributed by atoms with Crippen LogP contribution < -0.4 is 19.7 Å². The number of nitrogens with zero attached hydrogens (tertiary/aromatic N) is 4. The molecule has 0 aliphatic carbocycles. The van der Waals surface area contributed by atoms with Crippen molar-refractivity contribution >= 4 is 11.9 Å². The standard InChI is InChI=1S/C20H25N5O3/c26-19(14-24-10-12-25(13-11-24)20-22-7-3-8-23-20)21-9-6-16-15-27-17-4-1-2-5-18(17)28-16/h1-5,7-8,16H,6,9-15H2,(H,21,26)/t16-/m0/s1. The minimum Gasteiger partial charge on any atom is -0.486 e. The Morgan fingerprint density at radius 3 is 2.61 bits per heavy atom. The van der Waals surface area contributed by atoms with Gasteiger partial charge in [0, 0.05) is 51.5 Å². The Balaban J connectivity index is 1.14. The van der Waals surface area contributed by atoms with Gasteiger partial charge in [-0.1, -0.05) is 12.1 Å². The lowest BCUT2D eigenvalue weighted by molar-refractivity contribution is -0.122. The number of rotatable bonds is 6. The molecular weight excluding hydrogens is 358 g/mol. The van der Waals surface area contributed by atoms with Crippen LogP contribution >= 0.6 is 0 Å². The maximum Gasteiger partial charge on any atom is 0.234 e. The van der Waals surface area contributed by atoms with E-state index in [0.717, 1.165) is 50.0 Å². The molecule has 1 N–H and O–H groups in total. The number of benzene rings is 1. The van der Waals surface area contributed by atoms with E-state index in [9.17, 15) is 4.79 Å². The second-order valence-corrected chi connectivity index (χ2v) is 6.95. The Morgan fingerprint density at radius 1 is 1.07 bits per heavy atom. The first-order valence-corrected chi connectivity index (χ1v) is 9.67. The van der Waals surface area contributed by atoms with Gasteiger partial charge in [0.2, 0.25) is 11.9 Å². The zero-order chi connectivity index (χ0) is 19.2. The molecule has 4 rings (SSSR count). The Kier molecular flexibility index (Phi) is 5.86. The normalized spacial score (nSPS) is 19.3. The lowest BCUT2D eigenvalue weighted by Gasteiger charge is -2.34. The van der Waals surface area contributed by atoms with Gasteiger partial charge >= 0.3 is 0 Å². The average molecular weight is 383 g/mol. The molecule has 2 aliphatic heterocycles. The summed E-state index contributed by atoms with van der Waals surface area (Å²) in [4.78, 5) is 25.1. The smallest absolute Gasteiger partial charge is 0.234 e. The van der Waals surface area contributed by atoms with Crippen molar-refractivity contribution in [1.29, 1.82) is 0 Å². The van der Waals surface area contributed by atoms with Gasteiger partial charge < -0.3 is 19.7 Å². The third-order valence-electron chi connectivity index (χ3n) is 4.93. The molecule has 0 saturated carbocycles. The Morgan fingerprint density at radius 2 is 1.82 bits per heavy atom. The predicted molar refractivity (Wildman–Crippen MR) is 105 cm³/mol. The third kappa shape index (κ3) is 4.69. The molecule has 1 saturated heterocycles. The number of aromatic nitrogens is 2. The van der Waals surface area contributed by atoms with Gasteiger partial charge in [0.1, 0.15) is 12.7 Å². The highest BCUT2D eigenvalue weighted by Gasteiger charge is 2.22. The van der Waals surface area contributed by atoms with Crippen molar-refractivity contribution in [3.63, 3.8) is 0 Å². The van der Waals surface area contributed by atoms with E-state index in [2.05, 4.69) is 25.1 Å². The fourth-order valence-electron chi connectivity index (χ4n) is 3.40. The highest BCUT2D eigenvalue weighted by Crippen LogP contribution is 2.31. The van der Waals surface area contributed by atoms with Crippen molar-refractivity contribution in [2.75, 3.05) is 50.8 Å². The summed E-state index contributed by atoms with van der Waals surface area (Å²) >= 11 is 0. The van der Waals surface area contributed by atoms with Crippen LogP contribution in [0.25, 0.3) is 0 Å².